The molecule has 0 unspecified atom stereocenters. The predicted octanol–water partition coefficient (Wildman–Crippen LogP) is 5.80. The smallest absolute Gasteiger partial charge is 0.416 e. The first-order valence-corrected chi connectivity index (χ1v) is 11.3. The third-order valence-electron chi connectivity index (χ3n) is 5.98. The number of rotatable bonds is 6. The molecule has 0 aromatic heterocycles. The third kappa shape index (κ3) is 6.22. The minimum absolute atomic E-state index is 0.0864. The van der Waals surface area contributed by atoms with Gasteiger partial charge in [0.15, 0.2) is 17.4 Å². The molecule has 0 bridgehead atoms. The van der Waals surface area contributed by atoms with Crippen LogP contribution in [-0.2, 0) is 19.3 Å². The Labute approximate surface area is 207 Å². The number of alkyl halides is 3. The number of amides is 1. The molecule has 0 spiro atoms. The molecule has 3 aromatic carbocycles. The highest BCUT2D eigenvalue weighted by molar-refractivity contribution is 5.94. The topological polar surface area (TPSA) is 32.8 Å². The summed E-state index contributed by atoms with van der Waals surface area (Å²) in [5.41, 5.74) is 0.592. The first-order chi connectivity index (χ1) is 17.5. The summed E-state index contributed by atoms with van der Waals surface area (Å²) in [7, 11) is 0. The van der Waals surface area contributed by atoms with E-state index in [0.717, 1.165) is 12.1 Å². The van der Waals surface area contributed by atoms with E-state index in [1.54, 1.807) is 11.0 Å². The molecular weight excluding hydrogens is 505 g/mol. The lowest BCUT2D eigenvalue weighted by Crippen LogP contribution is -2.48. The van der Waals surface area contributed by atoms with Gasteiger partial charge in [0.2, 0.25) is 11.6 Å². The van der Waals surface area contributed by atoms with E-state index in [1.165, 1.54) is 30.3 Å². The second kappa shape index (κ2) is 10.8. The van der Waals surface area contributed by atoms with Gasteiger partial charge in [-0.3, -0.25) is 9.69 Å². The highest BCUT2D eigenvalue weighted by Crippen LogP contribution is 2.30. The highest BCUT2D eigenvalue weighted by atomic mass is 19.4. The number of hydrogen-bond donors (Lipinski definition) is 0. The van der Waals surface area contributed by atoms with Crippen molar-refractivity contribution in [1.29, 1.82) is 0 Å². The van der Waals surface area contributed by atoms with Crippen molar-refractivity contribution >= 4 is 5.91 Å². The van der Waals surface area contributed by atoms with Gasteiger partial charge in [0.25, 0.3) is 5.91 Å². The molecule has 1 aliphatic heterocycles. The van der Waals surface area contributed by atoms with Gasteiger partial charge in [-0.05, 0) is 29.3 Å². The lowest BCUT2D eigenvalue weighted by molar-refractivity contribution is -0.137. The minimum atomic E-state index is -4.41. The van der Waals surface area contributed by atoms with E-state index in [4.69, 9.17) is 4.74 Å². The second-order valence-electron chi connectivity index (χ2n) is 8.55. The summed E-state index contributed by atoms with van der Waals surface area (Å²) in [4.78, 5) is 16.4. The van der Waals surface area contributed by atoms with E-state index in [0.29, 0.717) is 49.4 Å². The Morgan fingerprint density at radius 1 is 0.811 bits per heavy atom. The van der Waals surface area contributed by atoms with Crippen molar-refractivity contribution in [3.8, 4) is 5.75 Å². The summed E-state index contributed by atoms with van der Waals surface area (Å²) in [6.07, 6.45) is -4.41. The van der Waals surface area contributed by atoms with Gasteiger partial charge in [0, 0.05) is 44.4 Å². The SMILES string of the molecule is O=C(c1ccc(COc2c(F)c(F)cc(F)c2F)cc1)N1CCN(Cc2cccc(C(F)(F)F)c2)CC1. The molecule has 1 saturated heterocycles. The lowest BCUT2D eigenvalue weighted by atomic mass is 10.1. The quantitative estimate of drug-likeness (QED) is 0.301. The number of benzene rings is 3. The monoisotopic (exact) mass is 526 g/mol. The van der Waals surface area contributed by atoms with Gasteiger partial charge in [-0.2, -0.15) is 22.0 Å². The van der Waals surface area contributed by atoms with Gasteiger partial charge in [0.05, 0.1) is 5.56 Å². The highest BCUT2D eigenvalue weighted by Gasteiger charge is 2.30. The van der Waals surface area contributed by atoms with Gasteiger partial charge in [-0.25, -0.2) is 8.78 Å². The summed E-state index contributed by atoms with van der Waals surface area (Å²) in [5.74, 6) is -7.86. The maximum atomic E-state index is 13.7. The molecule has 0 saturated carbocycles. The van der Waals surface area contributed by atoms with E-state index >= 15 is 0 Å². The largest absolute Gasteiger partial charge is 0.483 e. The second-order valence-corrected chi connectivity index (χ2v) is 8.55. The molecule has 0 atom stereocenters. The van der Waals surface area contributed by atoms with E-state index in [9.17, 15) is 35.5 Å². The molecule has 1 amide bonds. The van der Waals surface area contributed by atoms with Crippen LogP contribution in [0.1, 0.15) is 27.0 Å². The van der Waals surface area contributed by atoms with E-state index in [1.807, 2.05) is 4.90 Å². The first-order valence-electron chi connectivity index (χ1n) is 11.3. The van der Waals surface area contributed by atoms with Crippen LogP contribution in [0, 0.1) is 23.3 Å². The molecule has 4 nitrogen and oxygen atoms in total. The molecule has 1 heterocycles. The predicted molar refractivity (Wildman–Crippen MR) is 120 cm³/mol. The Morgan fingerprint density at radius 2 is 1.43 bits per heavy atom. The van der Waals surface area contributed by atoms with Crippen molar-refractivity contribution in [2.24, 2.45) is 0 Å². The number of hydrogen-bond acceptors (Lipinski definition) is 3. The lowest BCUT2D eigenvalue weighted by Gasteiger charge is -2.35. The zero-order chi connectivity index (χ0) is 26.7. The summed E-state index contributed by atoms with van der Waals surface area (Å²) < 4.78 is 97.8. The normalized spacial score (nSPS) is 14.6. The summed E-state index contributed by atoms with van der Waals surface area (Å²) >= 11 is 0. The van der Waals surface area contributed by atoms with Crippen molar-refractivity contribution in [2.45, 2.75) is 19.3 Å². The first kappa shape index (κ1) is 26.5. The molecule has 0 N–H and O–H groups in total. The Hall–Kier alpha value is -3.60. The van der Waals surface area contributed by atoms with Crippen LogP contribution >= 0.6 is 0 Å². The zero-order valence-electron chi connectivity index (χ0n) is 19.3. The molecule has 1 fully saturated rings. The van der Waals surface area contributed by atoms with Crippen molar-refractivity contribution in [3.05, 3.63) is 100 Å². The van der Waals surface area contributed by atoms with Crippen molar-refractivity contribution < 1.29 is 40.3 Å². The van der Waals surface area contributed by atoms with Gasteiger partial charge in [-0.1, -0.05) is 30.3 Å². The van der Waals surface area contributed by atoms with Crippen LogP contribution < -0.4 is 4.74 Å². The van der Waals surface area contributed by atoms with Gasteiger partial charge in [-0.15, -0.1) is 0 Å². The molecule has 0 radical (unpaired) electrons. The maximum Gasteiger partial charge on any atom is 0.416 e. The maximum absolute atomic E-state index is 13.7. The standard InChI is InChI=1S/C26H21F7N2O2/c27-20-13-21(28)23(30)24(22(20)29)37-15-16-4-6-18(7-5-16)25(36)35-10-8-34(9-11-35)14-17-2-1-3-19(12-17)26(31,32)33/h1-7,12-13H,8-11,14-15H2. The van der Waals surface area contributed by atoms with Gasteiger partial charge in [0.1, 0.15) is 6.61 Å². The fourth-order valence-corrected chi connectivity index (χ4v) is 3.97. The van der Waals surface area contributed by atoms with E-state index in [-0.39, 0.29) is 18.6 Å². The average molecular weight is 526 g/mol. The van der Waals surface area contributed by atoms with Crippen LogP contribution in [-0.4, -0.2) is 41.9 Å². The van der Waals surface area contributed by atoms with Crippen molar-refractivity contribution in [3.63, 3.8) is 0 Å². The van der Waals surface area contributed by atoms with Crippen molar-refractivity contribution in [2.75, 3.05) is 26.2 Å². The molecule has 1 aliphatic rings. The minimum Gasteiger partial charge on any atom is -0.483 e. The molecule has 196 valence electrons. The Balaban J connectivity index is 1.31. The number of piperazine rings is 1. The van der Waals surface area contributed by atoms with Crippen LogP contribution in [0.2, 0.25) is 0 Å². The summed E-state index contributed by atoms with van der Waals surface area (Å²) in [6.45, 7) is 1.67. The molecule has 4 rings (SSSR count). The molecule has 37 heavy (non-hydrogen) atoms. The number of carbonyl (C=O) groups is 1. The van der Waals surface area contributed by atoms with Crippen LogP contribution in [0.25, 0.3) is 0 Å². The van der Waals surface area contributed by atoms with Crippen LogP contribution in [0.15, 0.2) is 54.6 Å². The Bertz CT molecular complexity index is 1240. The molecule has 3 aromatic rings. The molecular formula is C26H21F7N2O2. The zero-order valence-corrected chi connectivity index (χ0v) is 19.3. The van der Waals surface area contributed by atoms with Gasteiger partial charge < -0.3 is 9.64 Å². The van der Waals surface area contributed by atoms with Gasteiger partial charge >= 0.3 is 6.18 Å². The number of ether oxygens (including phenoxy) is 1. The van der Waals surface area contributed by atoms with E-state index < -0.39 is 40.8 Å². The Kier molecular flexibility index (Phi) is 7.72. The van der Waals surface area contributed by atoms with Crippen LogP contribution in [0.3, 0.4) is 0 Å². The van der Waals surface area contributed by atoms with Crippen LogP contribution in [0.5, 0.6) is 5.75 Å². The number of halogens is 7. The molecule has 11 heteroatoms. The van der Waals surface area contributed by atoms with Crippen LogP contribution in [0.4, 0.5) is 30.7 Å². The number of nitrogens with zero attached hydrogens (tertiary/aromatic N) is 2. The summed E-state index contributed by atoms with van der Waals surface area (Å²) in [6, 6.07) is 11.2. The summed E-state index contributed by atoms with van der Waals surface area (Å²) in [5, 5.41) is 0. The number of carbonyl (C=O) groups excluding carboxylic acids is 1. The fraction of sp³-hybridized carbons (Fsp3) is 0.269. The van der Waals surface area contributed by atoms with E-state index in [2.05, 4.69) is 0 Å². The van der Waals surface area contributed by atoms with Crippen molar-refractivity contribution in [1.82, 2.24) is 9.80 Å². The fourth-order valence-electron chi connectivity index (χ4n) is 3.97. The third-order valence-corrected chi connectivity index (χ3v) is 5.98. The average Bonchev–Trinajstić information content (AvgIpc) is 2.88. The Morgan fingerprint density at radius 3 is 2.03 bits per heavy atom. The molecule has 0 aliphatic carbocycles.